The summed E-state index contributed by atoms with van der Waals surface area (Å²) < 4.78 is 6.13. The maximum Gasteiger partial charge on any atom is 0.321 e. The Labute approximate surface area is 179 Å². The molecule has 2 N–H and O–H groups in total. The van der Waals surface area contributed by atoms with Crippen LogP contribution in [0.25, 0.3) is 0 Å². The summed E-state index contributed by atoms with van der Waals surface area (Å²) >= 11 is 3.41. The van der Waals surface area contributed by atoms with Gasteiger partial charge < -0.3 is 20.3 Å². The second-order valence-corrected chi connectivity index (χ2v) is 8.48. The monoisotopic (exact) mass is 459 g/mol. The fourth-order valence-electron chi connectivity index (χ4n) is 3.55. The van der Waals surface area contributed by atoms with Crippen molar-refractivity contribution >= 4 is 33.6 Å². The maximum atomic E-state index is 12.9. The predicted octanol–water partition coefficient (Wildman–Crippen LogP) is 4.41. The minimum absolute atomic E-state index is 0.0414. The van der Waals surface area contributed by atoms with Gasteiger partial charge in [-0.05, 0) is 55.7 Å². The van der Waals surface area contributed by atoms with E-state index in [2.05, 4.69) is 26.6 Å². The smallest absolute Gasteiger partial charge is 0.321 e. The van der Waals surface area contributed by atoms with Crippen molar-refractivity contribution in [1.29, 1.82) is 0 Å². The Hall–Kier alpha value is -2.54. The van der Waals surface area contributed by atoms with E-state index in [0.29, 0.717) is 19.6 Å². The molecule has 1 atom stereocenters. The largest absolute Gasteiger partial charge is 0.497 e. The van der Waals surface area contributed by atoms with Crippen LogP contribution in [-0.4, -0.2) is 37.0 Å². The number of amides is 3. The van der Waals surface area contributed by atoms with Crippen molar-refractivity contribution in [2.24, 2.45) is 5.41 Å². The maximum absolute atomic E-state index is 12.9. The SMILES string of the molecule is COc1cccc(CNC(=O)C2(C)CCCN(C(=O)Nc3cccc(Br)c3)C2)c1. The third-order valence-corrected chi connectivity index (χ3v) is 5.69. The summed E-state index contributed by atoms with van der Waals surface area (Å²) in [5.41, 5.74) is 1.08. The molecule has 6 nitrogen and oxygen atoms in total. The fraction of sp³-hybridized carbons (Fsp3) is 0.364. The molecular formula is C22H26BrN3O3. The van der Waals surface area contributed by atoms with Crippen LogP contribution in [-0.2, 0) is 11.3 Å². The fourth-order valence-corrected chi connectivity index (χ4v) is 3.94. The Balaban J connectivity index is 1.59. The highest BCUT2D eigenvalue weighted by molar-refractivity contribution is 9.10. The number of carbonyl (C=O) groups is 2. The van der Waals surface area contributed by atoms with Gasteiger partial charge in [-0.2, -0.15) is 0 Å². The first-order chi connectivity index (χ1) is 13.9. The zero-order valence-electron chi connectivity index (χ0n) is 16.7. The van der Waals surface area contributed by atoms with Gasteiger partial charge in [-0.3, -0.25) is 4.79 Å². The first-order valence-electron chi connectivity index (χ1n) is 9.62. The standard InChI is InChI=1S/C22H26BrN3O3/c1-22(20(27)24-14-16-6-3-9-19(12-16)29-2)10-5-11-26(15-22)21(28)25-18-8-4-7-17(23)13-18/h3-4,6-9,12-13H,5,10-11,14-15H2,1-2H3,(H,24,27)(H,25,28). The van der Waals surface area contributed by atoms with Crippen LogP contribution in [0.15, 0.2) is 53.0 Å². The Morgan fingerprint density at radius 2 is 2.00 bits per heavy atom. The van der Waals surface area contributed by atoms with Gasteiger partial charge in [-0.15, -0.1) is 0 Å². The highest BCUT2D eigenvalue weighted by atomic mass is 79.9. The Kier molecular flexibility index (Phi) is 6.79. The number of anilines is 1. The average Bonchev–Trinajstić information content (AvgIpc) is 2.72. The van der Waals surface area contributed by atoms with E-state index in [1.54, 1.807) is 12.0 Å². The number of hydrogen-bond donors (Lipinski definition) is 2. The van der Waals surface area contributed by atoms with Crippen LogP contribution in [0.1, 0.15) is 25.3 Å². The summed E-state index contributed by atoms with van der Waals surface area (Å²) in [7, 11) is 1.62. The normalized spacial score (nSPS) is 18.8. The van der Waals surface area contributed by atoms with Gasteiger partial charge in [-0.25, -0.2) is 4.79 Å². The zero-order chi connectivity index (χ0) is 20.9. The molecule has 2 aromatic rings. The van der Waals surface area contributed by atoms with E-state index in [0.717, 1.165) is 34.3 Å². The number of carbonyl (C=O) groups excluding carboxylic acids is 2. The minimum atomic E-state index is -0.619. The lowest BCUT2D eigenvalue weighted by Gasteiger charge is -2.39. The molecule has 0 aliphatic carbocycles. The molecule has 2 aromatic carbocycles. The van der Waals surface area contributed by atoms with Crippen molar-refractivity contribution in [2.45, 2.75) is 26.3 Å². The second kappa shape index (κ2) is 9.31. The van der Waals surface area contributed by atoms with E-state index in [-0.39, 0.29) is 11.9 Å². The summed E-state index contributed by atoms with van der Waals surface area (Å²) in [6.07, 6.45) is 1.53. The summed E-state index contributed by atoms with van der Waals surface area (Å²) in [5, 5.41) is 5.93. The third kappa shape index (κ3) is 5.50. The van der Waals surface area contributed by atoms with Crippen LogP contribution in [0.2, 0.25) is 0 Å². The van der Waals surface area contributed by atoms with E-state index in [1.165, 1.54) is 0 Å². The Morgan fingerprint density at radius 1 is 1.21 bits per heavy atom. The van der Waals surface area contributed by atoms with Gasteiger partial charge in [0.2, 0.25) is 5.91 Å². The summed E-state index contributed by atoms with van der Waals surface area (Å²) in [5.74, 6) is 0.719. The van der Waals surface area contributed by atoms with Gasteiger partial charge in [-0.1, -0.05) is 34.1 Å². The number of rotatable bonds is 5. The van der Waals surface area contributed by atoms with E-state index < -0.39 is 5.41 Å². The Morgan fingerprint density at radius 3 is 2.76 bits per heavy atom. The highest BCUT2D eigenvalue weighted by Gasteiger charge is 2.39. The van der Waals surface area contributed by atoms with Crippen LogP contribution >= 0.6 is 15.9 Å². The molecule has 1 saturated heterocycles. The van der Waals surface area contributed by atoms with Gasteiger partial charge in [0.25, 0.3) is 0 Å². The average molecular weight is 460 g/mol. The molecule has 0 spiro atoms. The summed E-state index contributed by atoms with van der Waals surface area (Å²) in [6.45, 7) is 3.37. The zero-order valence-corrected chi connectivity index (χ0v) is 18.3. The molecule has 1 fully saturated rings. The van der Waals surface area contributed by atoms with E-state index >= 15 is 0 Å². The van der Waals surface area contributed by atoms with Crippen LogP contribution in [0.4, 0.5) is 10.5 Å². The molecule has 3 rings (SSSR count). The van der Waals surface area contributed by atoms with Crippen molar-refractivity contribution in [3.8, 4) is 5.75 Å². The molecule has 7 heteroatoms. The molecule has 1 heterocycles. The van der Waals surface area contributed by atoms with Crippen LogP contribution in [0.5, 0.6) is 5.75 Å². The topological polar surface area (TPSA) is 70.7 Å². The lowest BCUT2D eigenvalue weighted by atomic mass is 9.81. The van der Waals surface area contributed by atoms with Gasteiger partial charge in [0.1, 0.15) is 5.75 Å². The van der Waals surface area contributed by atoms with E-state index in [1.807, 2.05) is 55.5 Å². The molecule has 3 amide bonds. The van der Waals surface area contributed by atoms with Crippen LogP contribution < -0.4 is 15.4 Å². The third-order valence-electron chi connectivity index (χ3n) is 5.19. The van der Waals surface area contributed by atoms with Crippen molar-refractivity contribution in [2.75, 3.05) is 25.5 Å². The second-order valence-electron chi connectivity index (χ2n) is 7.56. The van der Waals surface area contributed by atoms with Crippen molar-refractivity contribution < 1.29 is 14.3 Å². The van der Waals surface area contributed by atoms with Crippen molar-refractivity contribution in [1.82, 2.24) is 10.2 Å². The quantitative estimate of drug-likeness (QED) is 0.695. The number of hydrogen-bond acceptors (Lipinski definition) is 3. The number of nitrogens with zero attached hydrogens (tertiary/aromatic N) is 1. The molecule has 154 valence electrons. The lowest BCUT2D eigenvalue weighted by Crippen LogP contribution is -2.52. The molecule has 1 unspecified atom stereocenters. The first kappa shape index (κ1) is 21.2. The number of halogens is 1. The number of ether oxygens (including phenoxy) is 1. The minimum Gasteiger partial charge on any atom is -0.497 e. The van der Waals surface area contributed by atoms with Gasteiger partial charge in [0.15, 0.2) is 0 Å². The molecule has 1 aliphatic heterocycles. The number of urea groups is 1. The molecule has 29 heavy (non-hydrogen) atoms. The van der Waals surface area contributed by atoms with Crippen molar-refractivity contribution in [3.05, 3.63) is 58.6 Å². The highest BCUT2D eigenvalue weighted by Crippen LogP contribution is 2.30. The van der Waals surface area contributed by atoms with Gasteiger partial charge >= 0.3 is 6.03 Å². The number of nitrogens with one attached hydrogen (secondary N) is 2. The lowest BCUT2D eigenvalue weighted by molar-refractivity contribution is -0.132. The van der Waals surface area contributed by atoms with Gasteiger partial charge in [0, 0.05) is 29.8 Å². The molecule has 0 bridgehead atoms. The first-order valence-corrected chi connectivity index (χ1v) is 10.4. The van der Waals surface area contributed by atoms with Crippen molar-refractivity contribution in [3.63, 3.8) is 0 Å². The van der Waals surface area contributed by atoms with Crippen LogP contribution in [0, 0.1) is 5.41 Å². The molecule has 0 radical (unpaired) electrons. The van der Waals surface area contributed by atoms with E-state index in [9.17, 15) is 9.59 Å². The van der Waals surface area contributed by atoms with Gasteiger partial charge in [0.05, 0.1) is 12.5 Å². The Bertz CT molecular complexity index is 889. The molecule has 0 aromatic heterocycles. The summed E-state index contributed by atoms with van der Waals surface area (Å²) in [4.78, 5) is 27.3. The summed E-state index contributed by atoms with van der Waals surface area (Å²) in [6, 6.07) is 14.9. The predicted molar refractivity (Wildman–Crippen MR) is 117 cm³/mol. The number of methoxy groups -OCH3 is 1. The number of benzene rings is 2. The molecule has 0 saturated carbocycles. The van der Waals surface area contributed by atoms with Crippen LogP contribution in [0.3, 0.4) is 0 Å². The molecule has 1 aliphatic rings. The number of likely N-dealkylation sites (tertiary alicyclic amines) is 1. The van der Waals surface area contributed by atoms with E-state index in [4.69, 9.17) is 4.74 Å². The molecular weight excluding hydrogens is 434 g/mol. The number of piperidine rings is 1.